The number of nitrogens with one attached hydrogen (secondary N) is 1. The third-order valence-corrected chi connectivity index (χ3v) is 3.41. The monoisotopic (exact) mass is 286 g/mol. The van der Waals surface area contributed by atoms with Crippen molar-refractivity contribution in [3.05, 3.63) is 35.4 Å². The van der Waals surface area contributed by atoms with E-state index in [2.05, 4.69) is 5.32 Å². The molecular weight excluding hydrogens is 265 g/mol. The van der Waals surface area contributed by atoms with E-state index in [1.807, 2.05) is 24.3 Å². The first-order valence-corrected chi connectivity index (χ1v) is 6.99. The Kier molecular flexibility index (Phi) is 5.05. The lowest BCUT2D eigenvalue weighted by Crippen LogP contribution is -2.31. The molecule has 2 rings (SSSR count). The molecule has 1 aliphatic rings. The van der Waals surface area contributed by atoms with Crippen molar-refractivity contribution in [1.29, 1.82) is 0 Å². The van der Waals surface area contributed by atoms with E-state index in [0.717, 1.165) is 24.1 Å². The van der Waals surface area contributed by atoms with E-state index in [4.69, 9.17) is 0 Å². The van der Waals surface area contributed by atoms with E-state index in [1.54, 1.807) is 0 Å². The number of nitrogens with zero attached hydrogens (tertiary/aromatic N) is 1. The topological polar surface area (TPSA) is 15.3 Å². The molecule has 112 valence electrons. The molecule has 1 N–H and O–H groups in total. The lowest BCUT2D eigenvalue weighted by molar-refractivity contribution is -0.144. The van der Waals surface area contributed by atoms with Crippen molar-refractivity contribution in [3.8, 4) is 0 Å². The highest BCUT2D eigenvalue weighted by atomic mass is 19.4. The fourth-order valence-electron chi connectivity index (χ4n) is 2.31. The van der Waals surface area contributed by atoms with Crippen LogP contribution in [0.2, 0.25) is 0 Å². The molecule has 1 aliphatic carbocycles. The van der Waals surface area contributed by atoms with Crippen LogP contribution in [0.1, 0.15) is 24.0 Å². The number of hydrogen-bond acceptors (Lipinski definition) is 2. The average Bonchev–Trinajstić information content (AvgIpc) is 3.13. The van der Waals surface area contributed by atoms with Crippen molar-refractivity contribution in [2.75, 3.05) is 20.1 Å². The summed E-state index contributed by atoms with van der Waals surface area (Å²) in [7, 11) is 1.51. The molecule has 2 nitrogen and oxygen atoms in total. The van der Waals surface area contributed by atoms with Crippen LogP contribution in [0.3, 0.4) is 0 Å². The molecule has 1 saturated carbocycles. The van der Waals surface area contributed by atoms with E-state index in [0.29, 0.717) is 12.6 Å². The van der Waals surface area contributed by atoms with Crippen LogP contribution in [0.5, 0.6) is 0 Å². The molecule has 0 radical (unpaired) electrons. The minimum Gasteiger partial charge on any atom is -0.314 e. The van der Waals surface area contributed by atoms with Crippen LogP contribution in [0.4, 0.5) is 13.2 Å². The summed E-state index contributed by atoms with van der Waals surface area (Å²) in [6.07, 6.45) is -0.782. The van der Waals surface area contributed by atoms with Gasteiger partial charge >= 0.3 is 6.18 Å². The van der Waals surface area contributed by atoms with Gasteiger partial charge in [0.25, 0.3) is 0 Å². The predicted octanol–water partition coefficient (Wildman–Crippen LogP) is 2.98. The van der Waals surface area contributed by atoms with E-state index in [-0.39, 0.29) is 0 Å². The lowest BCUT2D eigenvalue weighted by atomic mass is 10.0. The zero-order chi connectivity index (χ0) is 14.6. The van der Waals surface area contributed by atoms with Gasteiger partial charge in [-0.2, -0.15) is 13.2 Å². The minimum atomic E-state index is -4.14. The summed E-state index contributed by atoms with van der Waals surface area (Å²) in [6.45, 7) is 0.353. The molecule has 0 bridgehead atoms. The van der Waals surface area contributed by atoms with E-state index >= 15 is 0 Å². The second-order valence-corrected chi connectivity index (χ2v) is 5.53. The Labute approximate surface area is 118 Å². The van der Waals surface area contributed by atoms with Crippen molar-refractivity contribution in [1.82, 2.24) is 10.2 Å². The number of halogens is 3. The molecular formula is C15H21F3N2. The first kappa shape index (κ1) is 15.3. The summed E-state index contributed by atoms with van der Waals surface area (Å²) in [5, 5.41) is 3.43. The maximum atomic E-state index is 12.4. The Morgan fingerprint density at radius 2 is 1.85 bits per heavy atom. The third-order valence-electron chi connectivity index (χ3n) is 3.41. The second-order valence-electron chi connectivity index (χ2n) is 5.53. The smallest absolute Gasteiger partial charge is 0.314 e. The van der Waals surface area contributed by atoms with Crippen molar-refractivity contribution in [2.45, 2.75) is 38.0 Å². The Balaban J connectivity index is 1.88. The summed E-state index contributed by atoms with van der Waals surface area (Å²) < 4.78 is 37.1. The minimum absolute atomic E-state index is 0.332. The molecule has 0 heterocycles. The number of benzene rings is 1. The number of hydrogen-bond donors (Lipinski definition) is 1. The van der Waals surface area contributed by atoms with Crippen LogP contribution in [0.15, 0.2) is 24.3 Å². The number of rotatable bonds is 7. The molecule has 5 heteroatoms. The van der Waals surface area contributed by atoms with Gasteiger partial charge in [-0.3, -0.25) is 4.90 Å². The first-order valence-electron chi connectivity index (χ1n) is 6.99. The van der Waals surface area contributed by atoms with Gasteiger partial charge in [-0.15, -0.1) is 0 Å². The molecule has 0 aromatic heterocycles. The van der Waals surface area contributed by atoms with Gasteiger partial charge in [0.15, 0.2) is 0 Å². The molecule has 1 aromatic carbocycles. The van der Waals surface area contributed by atoms with E-state index in [9.17, 15) is 13.2 Å². The first-order chi connectivity index (χ1) is 9.44. The average molecular weight is 286 g/mol. The molecule has 0 amide bonds. The summed E-state index contributed by atoms with van der Waals surface area (Å²) in [4.78, 5) is 1.31. The fraction of sp³-hybridized carbons (Fsp3) is 0.600. The second kappa shape index (κ2) is 6.59. The zero-order valence-corrected chi connectivity index (χ0v) is 11.7. The third kappa shape index (κ3) is 5.51. The van der Waals surface area contributed by atoms with Crippen LogP contribution in [-0.4, -0.2) is 37.3 Å². The predicted molar refractivity (Wildman–Crippen MR) is 73.6 cm³/mol. The normalized spacial score (nSPS) is 15.8. The van der Waals surface area contributed by atoms with Crippen molar-refractivity contribution in [2.24, 2.45) is 0 Å². The van der Waals surface area contributed by atoms with Crippen molar-refractivity contribution < 1.29 is 13.2 Å². The SMILES string of the molecule is CN(Cc1ccccc1CCNC1CC1)CC(F)(F)F. The van der Waals surface area contributed by atoms with Gasteiger partial charge in [-0.25, -0.2) is 0 Å². The summed E-state index contributed by atoms with van der Waals surface area (Å²) >= 11 is 0. The van der Waals surface area contributed by atoms with Crippen LogP contribution in [-0.2, 0) is 13.0 Å². The molecule has 1 fully saturated rings. The van der Waals surface area contributed by atoms with Gasteiger partial charge < -0.3 is 5.32 Å². The molecule has 1 aromatic rings. The number of alkyl halides is 3. The highest BCUT2D eigenvalue weighted by Gasteiger charge is 2.29. The van der Waals surface area contributed by atoms with Crippen molar-refractivity contribution >= 4 is 0 Å². The zero-order valence-electron chi connectivity index (χ0n) is 11.7. The summed E-state index contributed by atoms with van der Waals surface area (Å²) in [5.41, 5.74) is 2.12. The van der Waals surface area contributed by atoms with Gasteiger partial charge in [0, 0.05) is 12.6 Å². The maximum Gasteiger partial charge on any atom is 0.401 e. The van der Waals surface area contributed by atoms with Crippen LogP contribution >= 0.6 is 0 Å². The molecule has 0 aliphatic heterocycles. The molecule has 0 atom stereocenters. The van der Waals surface area contributed by atoms with E-state index < -0.39 is 12.7 Å². The quantitative estimate of drug-likeness (QED) is 0.829. The van der Waals surface area contributed by atoms with Gasteiger partial charge in [0.2, 0.25) is 0 Å². The molecule has 20 heavy (non-hydrogen) atoms. The Morgan fingerprint density at radius 1 is 1.20 bits per heavy atom. The Hall–Kier alpha value is -1.07. The van der Waals surface area contributed by atoms with Crippen LogP contribution in [0, 0.1) is 0 Å². The highest BCUT2D eigenvalue weighted by Crippen LogP contribution is 2.20. The van der Waals surface area contributed by atoms with Crippen molar-refractivity contribution in [3.63, 3.8) is 0 Å². The summed E-state index contributed by atoms with van der Waals surface area (Å²) in [6, 6.07) is 8.41. The Bertz CT molecular complexity index is 427. The standard InChI is InChI=1S/C15H21F3N2/c1-20(11-15(16,17)18)10-13-5-3-2-4-12(13)8-9-19-14-6-7-14/h2-5,14,19H,6-11H2,1H3. The summed E-state index contributed by atoms with van der Waals surface area (Å²) in [5.74, 6) is 0. The highest BCUT2D eigenvalue weighted by molar-refractivity contribution is 5.27. The van der Waals surface area contributed by atoms with Gasteiger partial charge in [-0.05, 0) is 44.0 Å². The molecule has 0 saturated heterocycles. The largest absolute Gasteiger partial charge is 0.401 e. The van der Waals surface area contributed by atoms with Gasteiger partial charge in [0.05, 0.1) is 6.54 Å². The van der Waals surface area contributed by atoms with Gasteiger partial charge in [0.1, 0.15) is 0 Å². The maximum absolute atomic E-state index is 12.4. The van der Waals surface area contributed by atoms with E-state index in [1.165, 1.54) is 24.8 Å². The Morgan fingerprint density at radius 3 is 2.45 bits per heavy atom. The van der Waals surface area contributed by atoms with Crippen LogP contribution in [0.25, 0.3) is 0 Å². The lowest BCUT2D eigenvalue weighted by Gasteiger charge is -2.20. The molecule has 0 unspecified atom stereocenters. The van der Waals surface area contributed by atoms with Gasteiger partial charge in [-0.1, -0.05) is 24.3 Å². The fourth-order valence-corrected chi connectivity index (χ4v) is 2.31. The molecule has 0 spiro atoms. The van der Waals surface area contributed by atoms with Crippen LogP contribution < -0.4 is 5.32 Å².